The monoisotopic (exact) mass is 240 g/mol. The molecule has 0 saturated carbocycles. The average molecular weight is 240 g/mol. The quantitative estimate of drug-likeness (QED) is 0.852. The lowest BCUT2D eigenvalue weighted by Crippen LogP contribution is -2.03. The summed E-state index contributed by atoms with van der Waals surface area (Å²) in [6.07, 6.45) is -1.11. The first-order valence-corrected chi connectivity index (χ1v) is 5.64. The van der Waals surface area contributed by atoms with E-state index in [1.165, 1.54) is 11.3 Å². The van der Waals surface area contributed by atoms with Gasteiger partial charge in [-0.3, -0.25) is 0 Å². The first kappa shape index (κ1) is 11.2. The topological polar surface area (TPSA) is 20.2 Å². The molecule has 1 aromatic heterocycles. The van der Waals surface area contributed by atoms with Gasteiger partial charge in [0.2, 0.25) is 0 Å². The smallest absolute Gasteiger partial charge is 0.129 e. The number of rotatable bonds is 2. The van der Waals surface area contributed by atoms with Crippen molar-refractivity contribution >= 4 is 11.3 Å². The molecule has 0 aliphatic carbocycles. The third-order valence-electron chi connectivity index (χ3n) is 2.45. The predicted molar refractivity (Wildman–Crippen MR) is 59.5 cm³/mol. The van der Waals surface area contributed by atoms with E-state index in [0.29, 0.717) is 5.56 Å². The van der Waals surface area contributed by atoms with E-state index in [9.17, 15) is 13.9 Å². The Morgan fingerprint density at radius 1 is 1.19 bits per heavy atom. The van der Waals surface area contributed by atoms with Crippen LogP contribution < -0.4 is 0 Å². The van der Waals surface area contributed by atoms with Crippen molar-refractivity contribution in [1.29, 1.82) is 0 Å². The van der Waals surface area contributed by atoms with E-state index < -0.39 is 17.7 Å². The molecule has 1 N–H and O–H groups in total. The first-order chi connectivity index (χ1) is 7.59. The maximum absolute atomic E-state index is 13.4. The fourth-order valence-electron chi connectivity index (χ4n) is 1.57. The van der Waals surface area contributed by atoms with Crippen LogP contribution in [0.5, 0.6) is 0 Å². The molecule has 0 amide bonds. The molecule has 2 aromatic rings. The highest BCUT2D eigenvalue weighted by atomic mass is 32.1. The number of hydrogen-bond donors (Lipinski definition) is 1. The fourth-order valence-corrected chi connectivity index (χ4v) is 2.30. The number of halogens is 2. The summed E-state index contributed by atoms with van der Waals surface area (Å²) in [4.78, 5) is 0.899. The van der Waals surface area contributed by atoms with Crippen LogP contribution in [0.15, 0.2) is 29.6 Å². The molecule has 1 unspecified atom stereocenters. The summed E-state index contributed by atoms with van der Waals surface area (Å²) in [5.74, 6) is -1.15. The Labute approximate surface area is 96.0 Å². The van der Waals surface area contributed by atoms with Gasteiger partial charge in [0.05, 0.1) is 0 Å². The normalized spacial score (nSPS) is 12.8. The lowest BCUT2D eigenvalue weighted by Gasteiger charge is -2.11. The molecule has 0 saturated heterocycles. The van der Waals surface area contributed by atoms with E-state index in [4.69, 9.17) is 0 Å². The van der Waals surface area contributed by atoms with Gasteiger partial charge in [0.15, 0.2) is 0 Å². The molecule has 0 aliphatic rings. The van der Waals surface area contributed by atoms with Crippen molar-refractivity contribution in [3.05, 3.63) is 57.3 Å². The van der Waals surface area contributed by atoms with Crippen LogP contribution in [0.25, 0.3) is 0 Å². The number of aryl methyl sites for hydroxylation is 1. The zero-order chi connectivity index (χ0) is 11.7. The van der Waals surface area contributed by atoms with Crippen molar-refractivity contribution in [2.24, 2.45) is 0 Å². The Bertz CT molecular complexity index is 507. The zero-order valence-corrected chi connectivity index (χ0v) is 9.39. The maximum Gasteiger partial charge on any atom is 0.129 e. The van der Waals surface area contributed by atoms with Gasteiger partial charge in [-0.05, 0) is 42.1 Å². The van der Waals surface area contributed by atoms with E-state index in [1.807, 2.05) is 12.3 Å². The Kier molecular flexibility index (Phi) is 3.03. The minimum absolute atomic E-state index is 0.0264. The minimum atomic E-state index is -1.11. The Balaban J connectivity index is 2.45. The summed E-state index contributed by atoms with van der Waals surface area (Å²) in [7, 11) is 0. The van der Waals surface area contributed by atoms with Gasteiger partial charge in [-0.2, -0.15) is 0 Å². The Morgan fingerprint density at radius 3 is 2.56 bits per heavy atom. The molecule has 0 fully saturated rings. The van der Waals surface area contributed by atoms with Crippen LogP contribution in [-0.2, 0) is 0 Å². The van der Waals surface area contributed by atoms with Crippen molar-refractivity contribution in [3.8, 4) is 0 Å². The van der Waals surface area contributed by atoms with Crippen LogP contribution >= 0.6 is 11.3 Å². The molecule has 0 radical (unpaired) electrons. The van der Waals surface area contributed by atoms with Crippen molar-refractivity contribution in [2.75, 3.05) is 0 Å². The second-order valence-corrected chi connectivity index (χ2v) is 4.62. The average Bonchev–Trinajstić information content (AvgIpc) is 2.67. The molecule has 84 valence electrons. The third-order valence-corrected chi connectivity index (χ3v) is 3.31. The predicted octanol–water partition coefficient (Wildman–Crippen LogP) is 3.42. The molecule has 0 spiro atoms. The SMILES string of the molecule is Cc1sccc1C(O)c1cc(F)ccc1F. The van der Waals surface area contributed by atoms with E-state index in [0.717, 1.165) is 23.1 Å². The van der Waals surface area contributed by atoms with E-state index in [-0.39, 0.29) is 5.56 Å². The van der Waals surface area contributed by atoms with Gasteiger partial charge in [-0.25, -0.2) is 8.78 Å². The summed E-state index contributed by atoms with van der Waals surface area (Å²) in [6.45, 7) is 1.83. The van der Waals surface area contributed by atoms with E-state index in [2.05, 4.69) is 0 Å². The van der Waals surface area contributed by atoms with Gasteiger partial charge < -0.3 is 5.11 Å². The first-order valence-electron chi connectivity index (χ1n) is 4.76. The molecule has 1 aromatic carbocycles. The van der Waals surface area contributed by atoms with Crippen LogP contribution in [0.4, 0.5) is 8.78 Å². The molecule has 0 bridgehead atoms. The molecule has 1 nitrogen and oxygen atoms in total. The van der Waals surface area contributed by atoms with Crippen LogP contribution in [0.2, 0.25) is 0 Å². The largest absolute Gasteiger partial charge is 0.384 e. The summed E-state index contributed by atoms with van der Waals surface area (Å²) in [5.41, 5.74) is 0.594. The molecule has 0 aliphatic heterocycles. The Hall–Kier alpha value is -1.26. The number of aliphatic hydroxyl groups excluding tert-OH is 1. The second kappa shape index (κ2) is 4.31. The molecule has 16 heavy (non-hydrogen) atoms. The van der Waals surface area contributed by atoms with Crippen molar-refractivity contribution in [3.63, 3.8) is 0 Å². The molecule has 1 heterocycles. The van der Waals surface area contributed by atoms with Crippen LogP contribution in [0.3, 0.4) is 0 Å². The van der Waals surface area contributed by atoms with Crippen LogP contribution in [-0.4, -0.2) is 5.11 Å². The van der Waals surface area contributed by atoms with Crippen LogP contribution in [0, 0.1) is 18.6 Å². The van der Waals surface area contributed by atoms with Crippen molar-refractivity contribution in [1.82, 2.24) is 0 Å². The van der Waals surface area contributed by atoms with Gasteiger partial charge >= 0.3 is 0 Å². The van der Waals surface area contributed by atoms with E-state index in [1.54, 1.807) is 6.07 Å². The molecule has 1 atom stereocenters. The second-order valence-electron chi connectivity index (χ2n) is 3.50. The lowest BCUT2D eigenvalue weighted by molar-refractivity contribution is 0.214. The summed E-state index contributed by atoms with van der Waals surface area (Å²) >= 11 is 1.46. The standard InChI is InChI=1S/C12H10F2OS/c1-7-9(4-5-16-7)12(15)10-6-8(13)2-3-11(10)14/h2-6,12,15H,1H3. The fraction of sp³-hybridized carbons (Fsp3) is 0.167. The number of aliphatic hydroxyl groups is 1. The highest BCUT2D eigenvalue weighted by Gasteiger charge is 2.18. The number of thiophene rings is 1. The summed E-state index contributed by atoms with van der Waals surface area (Å²) in [5, 5.41) is 11.8. The van der Waals surface area contributed by atoms with Gasteiger partial charge in [-0.15, -0.1) is 11.3 Å². The van der Waals surface area contributed by atoms with E-state index >= 15 is 0 Å². The zero-order valence-electron chi connectivity index (χ0n) is 8.58. The van der Waals surface area contributed by atoms with Gasteiger partial charge in [-0.1, -0.05) is 0 Å². The highest BCUT2D eigenvalue weighted by Crippen LogP contribution is 2.29. The Morgan fingerprint density at radius 2 is 1.94 bits per heavy atom. The number of benzene rings is 1. The van der Waals surface area contributed by atoms with Crippen LogP contribution in [0.1, 0.15) is 22.1 Å². The lowest BCUT2D eigenvalue weighted by atomic mass is 10.0. The van der Waals surface area contributed by atoms with Gasteiger partial charge in [0.25, 0.3) is 0 Å². The summed E-state index contributed by atoms with van der Waals surface area (Å²) < 4.78 is 26.4. The van der Waals surface area contributed by atoms with Crippen molar-refractivity contribution < 1.29 is 13.9 Å². The minimum Gasteiger partial charge on any atom is -0.384 e. The highest BCUT2D eigenvalue weighted by molar-refractivity contribution is 7.10. The molecule has 4 heteroatoms. The van der Waals surface area contributed by atoms with Gasteiger partial charge in [0, 0.05) is 10.4 Å². The molecular weight excluding hydrogens is 230 g/mol. The number of hydrogen-bond acceptors (Lipinski definition) is 2. The summed E-state index contributed by atoms with van der Waals surface area (Å²) in [6, 6.07) is 4.80. The molecule has 2 rings (SSSR count). The maximum atomic E-state index is 13.4. The third kappa shape index (κ3) is 1.99. The van der Waals surface area contributed by atoms with Crippen molar-refractivity contribution in [2.45, 2.75) is 13.0 Å². The molecular formula is C12H10F2OS. The van der Waals surface area contributed by atoms with Gasteiger partial charge in [0.1, 0.15) is 17.7 Å².